The van der Waals surface area contributed by atoms with Crippen molar-refractivity contribution in [2.45, 2.75) is 27.3 Å². The first-order valence-corrected chi connectivity index (χ1v) is 8.99. The summed E-state index contributed by atoms with van der Waals surface area (Å²) in [6.45, 7) is 11.1. The van der Waals surface area contributed by atoms with Crippen LogP contribution in [0.5, 0.6) is 0 Å². The zero-order valence-corrected chi connectivity index (χ0v) is 16.2. The second kappa shape index (κ2) is 9.16. The largest absolute Gasteiger partial charge is 0.357 e. The summed E-state index contributed by atoms with van der Waals surface area (Å²) in [5.41, 5.74) is 5.20. The van der Waals surface area contributed by atoms with Crippen molar-refractivity contribution in [3.8, 4) is 0 Å². The number of likely N-dealkylation sites (N-methyl/N-ethyl adjacent to an activating group) is 2. The number of hydrogen-bond donors (Lipinski definition) is 3. The van der Waals surface area contributed by atoms with E-state index in [0.717, 1.165) is 32.7 Å². The fraction of sp³-hybridized carbons (Fsp3) is 0.474. The highest BCUT2D eigenvalue weighted by atomic mass is 32.1. The van der Waals surface area contributed by atoms with Gasteiger partial charge in [-0.25, -0.2) is 0 Å². The Balaban J connectivity index is 1.89. The molecule has 2 rings (SSSR count). The zero-order chi connectivity index (χ0) is 17.5. The molecule has 1 aromatic rings. The van der Waals surface area contributed by atoms with E-state index in [1.807, 2.05) is 4.31 Å². The van der Waals surface area contributed by atoms with Gasteiger partial charge in [-0.3, -0.25) is 4.31 Å². The van der Waals surface area contributed by atoms with Gasteiger partial charge in [-0.15, -0.1) is 0 Å². The third-order valence-corrected chi connectivity index (χ3v) is 4.69. The summed E-state index contributed by atoms with van der Waals surface area (Å²) < 4.78 is 2.01. The van der Waals surface area contributed by atoms with Gasteiger partial charge in [0, 0.05) is 46.0 Å². The molecule has 1 aliphatic rings. The molecule has 2 N–H and O–H groups in total. The molecule has 132 valence electrons. The minimum Gasteiger partial charge on any atom is -0.357 e. The molecule has 0 aliphatic carbocycles. The fourth-order valence-electron chi connectivity index (χ4n) is 2.78. The topological polar surface area (TPSA) is 30.5 Å². The first-order valence-electron chi connectivity index (χ1n) is 8.59. The quantitative estimate of drug-likeness (QED) is 0.523. The van der Waals surface area contributed by atoms with E-state index >= 15 is 0 Å². The summed E-state index contributed by atoms with van der Waals surface area (Å²) in [5.74, 6) is 1.20. The number of benzene rings is 1. The van der Waals surface area contributed by atoms with Gasteiger partial charge in [0.25, 0.3) is 0 Å². The van der Waals surface area contributed by atoms with E-state index in [4.69, 9.17) is 0 Å². The number of nitrogens with zero attached hydrogens (tertiary/aromatic N) is 2. The van der Waals surface area contributed by atoms with Crippen LogP contribution in [0.2, 0.25) is 0 Å². The van der Waals surface area contributed by atoms with Crippen LogP contribution >= 0.6 is 12.8 Å². The third-order valence-electron chi connectivity index (χ3n) is 4.21. The Labute approximate surface area is 152 Å². The van der Waals surface area contributed by atoms with E-state index in [0.29, 0.717) is 0 Å². The summed E-state index contributed by atoms with van der Waals surface area (Å²) in [4.78, 5) is 2.26. The molecule has 5 heteroatoms. The lowest BCUT2D eigenvalue weighted by atomic mass is 10.0. The smallest absolute Gasteiger partial charge is 0.104 e. The maximum absolute atomic E-state index is 4.36. The molecule has 4 nitrogen and oxygen atoms in total. The molecule has 0 radical (unpaired) electrons. The maximum Gasteiger partial charge on any atom is 0.104 e. The highest BCUT2D eigenvalue weighted by Gasteiger charge is 2.14. The predicted molar refractivity (Wildman–Crippen MR) is 106 cm³/mol. The molecule has 0 amide bonds. The predicted octanol–water partition coefficient (Wildman–Crippen LogP) is 3.07. The molecule has 0 aromatic heterocycles. The molecule has 0 unspecified atom stereocenters. The first-order chi connectivity index (χ1) is 11.5. The zero-order valence-electron chi connectivity index (χ0n) is 15.3. The Morgan fingerprint density at radius 3 is 2.58 bits per heavy atom. The van der Waals surface area contributed by atoms with Crippen molar-refractivity contribution in [3.63, 3.8) is 0 Å². The van der Waals surface area contributed by atoms with Gasteiger partial charge >= 0.3 is 0 Å². The van der Waals surface area contributed by atoms with Gasteiger partial charge in [0.05, 0.1) is 0 Å². The Morgan fingerprint density at radius 1 is 1.29 bits per heavy atom. The average Bonchev–Trinajstić information content (AvgIpc) is 2.58. The van der Waals surface area contributed by atoms with E-state index in [-0.39, 0.29) is 0 Å². The van der Waals surface area contributed by atoms with Crippen molar-refractivity contribution in [1.29, 1.82) is 0 Å². The second-order valence-electron chi connectivity index (χ2n) is 6.44. The second-order valence-corrected chi connectivity index (χ2v) is 7.00. The van der Waals surface area contributed by atoms with E-state index in [2.05, 4.69) is 86.6 Å². The molecular formula is C19H30N4S. The molecule has 0 spiro atoms. The number of allylic oxidation sites excluding steroid dienone is 1. The minimum absolute atomic E-state index is 0.894. The van der Waals surface area contributed by atoms with Gasteiger partial charge in [-0.2, -0.15) is 0 Å². The molecule has 0 fully saturated rings. The van der Waals surface area contributed by atoms with Crippen molar-refractivity contribution in [2.24, 2.45) is 0 Å². The summed E-state index contributed by atoms with van der Waals surface area (Å²) >= 11 is 4.36. The van der Waals surface area contributed by atoms with Crippen LogP contribution in [-0.4, -0.2) is 42.4 Å². The van der Waals surface area contributed by atoms with Crippen LogP contribution in [0.1, 0.15) is 31.9 Å². The van der Waals surface area contributed by atoms with Crippen molar-refractivity contribution in [2.75, 3.05) is 33.2 Å². The number of hydrogen-bond acceptors (Lipinski definition) is 5. The average molecular weight is 347 g/mol. The standard InChI is InChI=1S/C19H30N4S/c1-5-23(24)11-10-20-12-16-6-8-17(9-7-16)18-13-21-19(15(2)3)22(4)14-18/h6-9,13,20-21,24H,5,10-12,14H2,1-4H3. The van der Waals surface area contributed by atoms with Crippen LogP contribution in [0.25, 0.3) is 5.57 Å². The van der Waals surface area contributed by atoms with Gasteiger partial charge < -0.3 is 15.5 Å². The van der Waals surface area contributed by atoms with Crippen LogP contribution < -0.4 is 10.6 Å². The monoisotopic (exact) mass is 346 g/mol. The molecule has 0 saturated carbocycles. The number of nitrogens with one attached hydrogen (secondary N) is 2. The SMILES string of the molecule is CCN(S)CCNCc1ccc(C2=CNC(=C(C)C)N(C)C2)cc1. The first kappa shape index (κ1) is 18.9. The van der Waals surface area contributed by atoms with Gasteiger partial charge in [0.2, 0.25) is 0 Å². The van der Waals surface area contributed by atoms with E-state index in [1.165, 1.54) is 28.1 Å². The number of thiol groups is 1. The van der Waals surface area contributed by atoms with Crippen molar-refractivity contribution in [1.82, 2.24) is 19.8 Å². The highest BCUT2D eigenvalue weighted by Crippen LogP contribution is 2.21. The molecule has 1 aromatic carbocycles. The van der Waals surface area contributed by atoms with Gasteiger partial charge in [0.15, 0.2) is 0 Å². The van der Waals surface area contributed by atoms with E-state index < -0.39 is 0 Å². The molecule has 0 saturated heterocycles. The van der Waals surface area contributed by atoms with Crippen LogP contribution in [0, 0.1) is 0 Å². The summed E-state index contributed by atoms with van der Waals surface area (Å²) in [6, 6.07) is 8.83. The Bertz CT molecular complexity index is 588. The normalized spacial score (nSPS) is 14.7. The van der Waals surface area contributed by atoms with E-state index in [1.54, 1.807) is 0 Å². The van der Waals surface area contributed by atoms with Crippen LogP contribution in [0.3, 0.4) is 0 Å². The van der Waals surface area contributed by atoms with Crippen molar-refractivity contribution in [3.05, 3.63) is 53.0 Å². The molecule has 0 bridgehead atoms. The van der Waals surface area contributed by atoms with Gasteiger partial charge in [-0.05, 0) is 36.1 Å². The van der Waals surface area contributed by atoms with Gasteiger partial charge in [0.1, 0.15) is 5.82 Å². The molecule has 1 aliphatic heterocycles. The summed E-state index contributed by atoms with van der Waals surface area (Å²) in [5, 5.41) is 6.87. The summed E-state index contributed by atoms with van der Waals surface area (Å²) in [6.07, 6.45) is 2.13. The molecule has 24 heavy (non-hydrogen) atoms. The van der Waals surface area contributed by atoms with Crippen LogP contribution in [0.4, 0.5) is 0 Å². The Hall–Kier alpha value is -1.43. The van der Waals surface area contributed by atoms with Crippen molar-refractivity contribution < 1.29 is 0 Å². The lowest BCUT2D eigenvalue weighted by Crippen LogP contribution is -2.32. The minimum atomic E-state index is 0.894. The fourth-order valence-corrected chi connectivity index (χ4v) is 2.88. The van der Waals surface area contributed by atoms with Crippen molar-refractivity contribution >= 4 is 18.4 Å². The van der Waals surface area contributed by atoms with Crippen LogP contribution in [-0.2, 0) is 6.54 Å². The Kier molecular flexibility index (Phi) is 7.21. The molecular weight excluding hydrogens is 316 g/mol. The van der Waals surface area contributed by atoms with Gasteiger partial charge in [-0.1, -0.05) is 44.0 Å². The van der Waals surface area contributed by atoms with E-state index in [9.17, 15) is 0 Å². The lowest BCUT2D eigenvalue weighted by molar-refractivity contribution is 0.426. The summed E-state index contributed by atoms with van der Waals surface area (Å²) in [7, 11) is 2.13. The maximum atomic E-state index is 4.36. The van der Waals surface area contributed by atoms with Crippen LogP contribution in [0.15, 0.2) is 41.9 Å². The lowest BCUT2D eigenvalue weighted by Gasteiger charge is -2.30. The number of rotatable bonds is 7. The highest BCUT2D eigenvalue weighted by molar-refractivity contribution is 7.77. The third kappa shape index (κ3) is 5.30. The molecule has 0 atom stereocenters. The Morgan fingerprint density at radius 2 is 2.00 bits per heavy atom. The molecule has 1 heterocycles.